The minimum atomic E-state index is -3.68. The van der Waals surface area contributed by atoms with Crippen molar-refractivity contribution in [1.82, 2.24) is 10.8 Å². The third-order valence-electron chi connectivity index (χ3n) is 3.73. The van der Waals surface area contributed by atoms with E-state index in [0.717, 1.165) is 5.75 Å². The Balaban J connectivity index is 2.87. The number of hydrogen-bond acceptors (Lipinski definition) is 7. The maximum absolute atomic E-state index is 12.6. The van der Waals surface area contributed by atoms with Gasteiger partial charge in [0, 0.05) is 4.75 Å². The number of rotatable bonds is 10. The van der Waals surface area contributed by atoms with Crippen LogP contribution in [-0.4, -0.2) is 48.6 Å². The normalized spacial score (nSPS) is 12.6. The van der Waals surface area contributed by atoms with Gasteiger partial charge >= 0.3 is 0 Å². The van der Waals surface area contributed by atoms with Crippen molar-refractivity contribution in [2.45, 2.75) is 43.4 Å². The van der Waals surface area contributed by atoms with Gasteiger partial charge in [-0.2, -0.15) is 11.8 Å². The Morgan fingerprint density at radius 1 is 1.33 bits per heavy atom. The number of ether oxygens (including phenoxy) is 1. The topological polar surface area (TPSA) is 105 Å². The monoisotopic (exact) mass is 414 g/mol. The molecule has 0 bridgehead atoms. The molecule has 0 aliphatic carbocycles. The van der Waals surface area contributed by atoms with Crippen molar-refractivity contribution in [2.75, 3.05) is 18.2 Å². The van der Waals surface area contributed by atoms with Crippen LogP contribution in [0.5, 0.6) is 5.75 Å². The third-order valence-corrected chi connectivity index (χ3v) is 6.54. The first-order valence-electron chi connectivity index (χ1n) is 8.34. The van der Waals surface area contributed by atoms with Crippen molar-refractivity contribution < 1.29 is 23.2 Å². The number of nitrogens with one attached hydrogen (secondary N) is 2. The van der Waals surface area contributed by atoms with Crippen LogP contribution in [-0.2, 0) is 14.6 Å². The maximum Gasteiger partial charge on any atom is 0.261 e. The molecule has 1 amide bonds. The van der Waals surface area contributed by atoms with Crippen LogP contribution >= 0.6 is 11.8 Å². The lowest BCUT2D eigenvalue weighted by Crippen LogP contribution is -2.55. The zero-order valence-corrected chi connectivity index (χ0v) is 17.5. The molecule has 27 heavy (non-hydrogen) atoms. The van der Waals surface area contributed by atoms with E-state index in [1.807, 2.05) is 20.8 Å². The van der Waals surface area contributed by atoms with Crippen LogP contribution in [0.3, 0.4) is 0 Å². The molecule has 0 heterocycles. The van der Waals surface area contributed by atoms with E-state index in [9.17, 15) is 13.2 Å². The lowest BCUT2D eigenvalue weighted by atomic mass is 10.0. The van der Waals surface area contributed by atoms with Crippen molar-refractivity contribution in [1.29, 1.82) is 0 Å². The zero-order valence-electron chi connectivity index (χ0n) is 15.9. The third kappa shape index (κ3) is 7.07. The summed E-state index contributed by atoms with van der Waals surface area (Å²) >= 11 is 1.49. The summed E-state index contributed by atoms with van der Waals surface area (Å²) in [6.07, 6.45) is 0. The van der Waals surface area contributed by atoms with Gasteiger partial charge in [0.2, 0.25) is 0 Å². The van der Waals surface area contributed by atoms with Gasteiger partial charge in [-0.25, -0.2) is 13.9 Å². The molecule has 0 spiro atoms. The van der Waals surface area contributed by atoms with Gasteiger partial charge in [-0.05, 0) is 50.8 Å². The van der Waals surface area contributed by atoms with E-state index < -0.39 is 32.4 Å². The van der Waals surface area contributed by atoms with E-state index in [1.165, 1.54) is 23.9 Å². The summed E-state index contributed by atoms with van der Waals surface area (Å²) in [4.78, 5) is 12.1. The number of sulfone groups is 1. The number of thioether (sulfide) groups is 1. The molecule has 0 aromatic heterocycles. The molecule has 0 fully saturated rings. The average Bonchev–Trinajstić information content (AvgIpc) is 2.62. The predicted octanol–water partition coefficient (Wildman–Crippen LogP) is 1.82. The van der Waals surface area contributed by atoms with Crippen molar-refractivity contribution in [2.24, 2.45) is 0 Å². The number of carbonyl (C=O) groups is 1. The first-order valence-corrected chi connectivity index (χ1v) is 11.0. The zero-order chi connectivity index (χ0) is 20.5. The standard InChI is InChI=1S/C18H26N2O5S2/c1-5-7-12-25-14-8-10-15(11-9-14)27(23,24)13-19-16(17(21)20-22)18(3,4)26-6-2/h8-11,16,19,22H,6,12-13H2,1-4H3,(H,20,21). The Kier molecular flexibility index (Phi) is 9.12. The van der Waals surface area contributed by atoms with Gasteiger partial charge < -0.3 is 4.74 Å². The Hall–Kier alpha value is -1.73. The fraction of sp³-hybridized carbons (Fsp3) is 0.500. The summed E-state index contributed by atoms with van der Waals surface area (Å²) in [7, 11) is -3.68. The van der Waals surface area contributed by atoms with Crippen LogP contribution in [0, 0.1) is 11.8 Å². The molecular weight excluding hydrogens is 388 g/mol. The second-order valence-electron chi connectivity index (χ2n) is 6.10. The number of hydroxylamine groups is 1. The molecule has 0 aliphatic rings. The smallest absolute Gasteiger partial charge is 0.261 e. The van der Waals surface area contributed by atoms with Crippen molar-refractivity contribution in [3.63, 3.8) is 0 Å². The molecule has 9 heteroatoms. The molecule has 0 aliphatic heterocycles. The summed E-state index contributed by atoms with van der Waals surface area (Å²) in [6, 6.07) is 5.10. The van der Waals surface area contributed by atoms with E-state index in [0.29, 0.717) is 5.75 Å². The minimum absolute atomic E-state index is 0.105. The van der Waals surface area contributed by atoms with Gasteiger partial charge in [0.1, 0.15) is 24.3 Å². The highest BCUT2D eigenvalue weighted by Crippen LogP contribution is 2.28. The quantitative estimate of drug-likeness (QED) is 0.305. The highest BCUT2D eigenvalue weighted by Gasteiger charge is 2.36. The molecule has 1 aromatic carbocycles. The number of benzene rings is 1. The molecule has 1 aromatic rings. The SMILES string of the molecule is CC#CCOc1ccc(S(=O)(=O)CNC(C(=O)NO)C(C)(C)SCC)cc1. The number of amides is 1. The summed E-state index contributed by atoms with van der Waals surface area (Å²) in [5.74, 6) is 5.58. The van der Waals surface area contributed by atoms with E-state index in [4.69, 9.17) is 9.94 Å². The van der Waals surface area contributed by atoms with E-state index in [-0.39, 0.29) is 11.5 Å². The molecule has 7 nitrogen and oxygen atoms in total. The van der Waals surface area contributed by atoms with E-state index in [2.05, 4.69) is 17.2 Å². The largest absolute Gasteiger partial charge is 0.481 e. The number of carbonyl (C=O) groups excluding carboxylic acids is 1. The number of hydrogen-bond donors (Lipinski definition) is 3. The molecule has 0 saturated carbocycles. The molecule has 1 rings (SSSR count). The Morgan fingerprint density at radius 2 is 1.96 bits per heavy atom. The van der Waals surface area contributed by atoms with Crippen molar-refractivity contribution in [3.8, 4) is 17.6 Å². The first-order chi connectivity index (χ1) is 12.7. The highest BCUT2D eigenvalue weighted by atomic mass is 32.2. The summed E-state index contributed by atoms with van der Waals surface area (Å²) in [5, 5.41) is 11.7. The lowest BCUT2D eigenvalue weighted by Gasteiger charge is -2.32. The van der Waals surface area contributed by atoms with Gasteiger partial charge in [-0.3, -0.25) is 15.3 Å². The first kappa shape index (κ1) is 23.3. The molecule has 1 atom stereocenters. The lowest BCUT2D eigenvalue weighted by molar-refractivity contribution is -0.131. The van der Waals surface area contributed by atoms with Crippen LogP contribution in [0.25, 0.3) is 0 Å². The Labute approximate surface area is 165 Å². The predicted molar refractivity (Wildman–Crippen MR) is 107 cm³/mol. The molecule has 3 N–H and O–H groups in total. The van der Waals surface area contributed by atoms with Crippen LogP contribution in [0.4, 0.5) is 0 Å². The van der Waals surface area contributed by atoms with Crippen LogP contribution < -0.4 is 15.5 Å². The van der Waals surface area contributed by atoms with Gasteiger partial charge in [0.15, 0.2) is 9.84 Å². The van der Waals surface area contributed by atoms with Crippen molar-refractivity contribution in [3.05, 3.63) is 24.3 Å². The average molecular weight is 415 g/mol. The van der Waals surface area contributed by atoms with Gasteiger partial charge in [-0.1, -0.05) is 12.8 Å². The second-order valence-corrected chi connectivity index (χ2v) is 10.0. The Morgan fingerprint density at radius 3 is 2.48 bits per heavy atom. The highest BCUT2D eigenvalue weighted by molar-refractivity contribution is 8.00. The van der Waals surface area contributed by atoms with Crippen LogP contribution in [0.2, 0.25) is 0 Å². The Bertz CT molecular complexity index is 780. The van der Waals surface area contributed by atoms with Gasteiger partial charge in [-0.15, -0.1) is 5.92 Å². The molecule has 1 unspecified atom stereocenters. The second kappa shape index (κ2) is 10.6. The molecule has 150 valence electrons. The van der Waals surface area contributed by atoms with E-state index in [1.54, 1.807) is 24.5 Å². The minimum Gasteiger partial charge on any atom is -0.481 e. The van der Waals surface area contributed by atoms with Gasteiger partial charge in [0.25, 0.3) is 5.91 Å². The fourth-order valence-corrected chi connectivity index (χ4v) is 4.59. The molecular formula is C18H26N2O5S2. The van der Waals surface area contributed by atoms with E-state index >= 15 is 0 Å². The molecule has 0 saturated heterocycles. The summed E-state index contributed by atoms with van der Waals surface area (Å²) in [6.45, 7) is 7.49. The summed E-state index contributed by atoms with van der Waals surface area (Å²) < 4.78 is 29.9. The van der Waals surface area contributed by atoms with Crippen molar-refractivity contribution >= 4 is 27.5 Å². The van der Waals surface area contributed by atoms with Gasteiger partial charge in [0.05, 0.1) is 4.90 Å². The van der Waals surface area contributed by atoms with Crippen LogP contribution in [0.15, 0.2) is 29.2 Å². The molecule has 0 radical (unpaired) electrons. The maximum atomic E-state index is 12.6. The van der Waals surface area contributed by atoms with Crippen LogP contribution in [0.1, 0.15) is 27.7 Å². The fourth-order valence-electron chi connectivity index (χ4n) is 2.39. The summed E-state index contributed by atoms with van der Waals surface area (Å²) in [5.41, 5.74) is 1.60.